The van der Waals surface area contributed by atoms with Crippen LogP contribution in [0.25, 0.3) is 0 Å². The monoisotopic (exact) mass is 294 g/mol. The maximum atomic E-state index is 12.0. The molecule has 1 aliphatic carbocycles. The fourth-order valence-corrected chi connectivity index (χ4v) is 2.33. The first-order valence-electron chi connectivity index (χ1n) is 6.87. The molecule has 1 aliphatic rings. The zero-order chi connectivity index (χ0) is 15.2. The van der Waals surface area contributed by atoms with E-state index >= 15 is 0 Å². The summed E-state index contributed by atoms with van der Waals surface area (Å²) < 4.78 is 5.60. The smallest absolute Gasteiger partial charge is 0.300 e. The van der Waals surface area contributed by atoms with Crippen LogP contribution < -0.4 is 11.1 Å². The highest BCUT2D eigenvalue weighted by molar-refractivity contribution is 5.98. The van der Waals surface area contributed by atoms with Gasteiger partial charge in [0.05, 0.1) is 17.6 Å². The Hall–Kier alpha value is -2.22. The lowest BCUT2D eigenvalue weighted by molar-refractivity contribution is -0.385. The number of aromatic nitrogens is 1. The molecule has 114 valence electrons. The number of nitrogens with two attached hydrogens (primary N) is 1. The van der Waals surface area contributed by atoms with Crippen molar-refractivity contribution in [3.63, 3.8) is 0 Å². The van der Waals surface area contributed by atoms with Crippen LogP contribution in [0.5, 0.6) is 0 Å². The first-order chi connectivity index (χ1) is 10.1. The first kappa shape index (κ1) is 15.2. The summed E-state index contributed by atoms with van der Waals surface area (Å²) in [4.78, 5) is 25.8. The summed E-state index contributed by atoms with van der Waals surface area (Å²) in [6.45, 7) is 0.694. The van der Waals surface area contributed by atoms with E-state index < -0.39 is 10.8 Å². The molecule has 2 rings (SSSR count). The number of anilines is 1. The van der Waals surface area contributed by atoms with Gasteiger partial charge in [0.25, 0.3) is 11.6 Å². The van der Waals surface area contributed by atoms with Crippen molar-refractivity contribution in [1.29, 1.82) is 0 Å². The van der Waals surface area contributed by atoms with Crippen molar-refractivity contribution in [2.45, 2.75) is 31.8 Å². The second-order valence-corrected chi connectivity index (χ2v) is 4.92. The minimum atomic E-state index is -0.656. The number of amides is 1. The molecule has 21 heavy (non-hydrogen) atoms. The highest BCUT2D eigenvalue weighted by Crippen LogP contribution is 2.21. The minimum absolute atomic E-state index is 0.0629. The van der Waals surface area contributed by atoms with Crippen molar-refractivity contribution in [2.24, 2.45) is 0 Å². The Morgan fingerprint density at radius 3 is 2.90 bits per heavy atom. The lowest BCUT2D eigenvalue weighted by Gasteiger charge is -2.11. The lowest BCUT2D eigenvalue weighted by Crippen LogP contribution is -2.29. The van der Waals surface area contributed by atoms with Gasteiger partial charge in [-0.25, -0.2) is 4.98 Å². The van der Waals surface area contributed by atoms with Crippen LogP contribution in [0.4, 0.5) is 11.5 Å². The minimum Gasteiger partial charge on any atom is -0.384 e. The van der Waals surface area contributed by atoms with Crippen molar-refractivity contribution >= 4 is 17.4 Å². The van der Waals surface area contributed by atoms with E-state index in [9.17, 15) is 14.9 Å². The number of pyridine rings is 1. The molecular formula is C13H18N4O4. The van der Waals surface area contributed by atoms with Gasteiger partial charge < -0.3 is 15.8 Å². The average Bonchev–Trinajstić information content (AvgIpc) is 2.96. The van der Waals surface area contributed by atoms with Crippen LogP contribution in [0.3, 0.4) is 0 Å². The van der Waals surface area contributed by atoms with E-state index in [1.54, 1.807) is 0 Å². The molecule has 0 aromatic carbocycles. The Balaban J connectivity index is 1.87. The number of carbonyl (C=O) groups is 1. The topological polar surface area (TPSA) is 120 Å². The summed E-state index contributed by atoms with van der Waals surface area (Å²) in [7, 11) is 0. The molecule has 1 saturated carbocycles. The summed E-state index contributed by atoms with van der Waals surface area (Å²) in [5, 5.41) is 13.5. The molecule has 1 aromatic rings. The molecule has 1 aromatic heterocycles. The molecule has 0 atom stereocenters. The number of hydrogen-bond acceptors (Lipinski definition) is 6. The number of nitrogens with zero attached hydrogens (tertiary/aromatic N) is 2. The van der Waals surface area contributed by atoms with Crippen molar-refractivity contribution in [3.8, 4) is 0 Å². The van der Waals surface area contributed by atoms with E-state index in [-0.39, 0.29) is 23.2 Å². The number of carbonyl (C=O) groups excluding carboxylic acids is 1. The van der Waals surface area contributed by atoms with Gasteiger partial charge in [0.1, 0.15) is 17.6 Å². The van der Waals surface area contributed by atoms with Crippen LogP contribution >= 0.6 is 0 Å². The Labute approximate surface area is 121 Å². The van der Waals surface area contributed by atoms with E-state index in [1.807, 2.05) is 0 Å². The zero-order valence-corrected chi connectivity index (χ0v) is 11.6. The lowest BCUT2D eigenvalue weighted by atomic mass is 10.2. The van der Waals surface area contributed by atoms with Crippen LogP contribution in [0.1, 0.15) is 36.0 Å². The third-order valence-corrected chi connectivity index (χ3v) is 3.39. The third-order valence-electron chi connectivity index (χ3n) is 3.39. The zero-order valence-electron chi connectivity index (χ0n) is 11.6. The highest BCUT2D eigenvalue weighted by atomic mass is 16.6. The van der Waals surface area contributed by atoms with Gasteiger partial charge in [-0.2, -0.15) is 0 Å². The molecule has 0 aliphatic heterocycles. The van der Waals surface area contributed by atoms with E-state index in [0.717, 1.165) is 19.0 Å². The van der Waals surface area contributed by atoms with Gasteiger partial charge in [-0.3, -0.25) is 14.9 Å². The molecule has 8 heteroatoms. The Bertz CT molecular complexity index is 529. The van der Waals surface area contributed by atoms with Gasteiger partial charge in [-0.1, -0.05) is 12.8 Å². The summed E-state index contributed by atoms with van der Waals surface area (Å²) >= 11 is 0. The Kier molecular flexibility index (Phi) is 5.04. The molecule has 3 N–H and O–H groups in total. The Morgan fingerprint density at radius 1 is 1.52 bits per heavy atom. The summed E-state index contributed by atoms with van der Waals surface area (Å²) in [5.41, 5.74) is 5.01. The second-order valence-electron chi connectivity index (χ2n) is 4.92. The summed E-state index contributed by atoms with van der Waals surface area (Å²) in [6.07, 6.45) is 5.73. The van der Waals surface area contributed by atoms with Crippen molar-refractivity contribution in [3.05, 3.63) is 27.9 Å². The van der Waals surface area contributed by atoms with Gasteiger partial charge in [0.15, 0.2) is 0 Å². The molecule has 0 radical (unpaired) electrons. The predicted molar refractivity (Wildman–Crippen MR) is 75.8 cm³/mol. The average molecular weight is 294 g/mol. The largest absolute Gasteiger partial charge is 0.384 e. The van der Waals surface area contributed by atoms with Crippen LogP contribution in [0, 0.1) is 10.1 Å². The van der Waals surface area contributed by atoms with E-state index in [4.69, 9.17) is 10.5 Å². The van der Waals surface area contributed by atoms with Crippen LogP contribution in [-0.2, 0) is 4.74 Å². The van der Waals surface area contributed by atoms with Crippen molar-refractivity contribution in [1.82, 2.24) is 10.3 Å². The normalized spacial score (nSPS) is 15.0. The number of rotatable bonds is 6. The molecule has 0 unspecified atom stereocenters. The van der Waals surface area contributed by atoms with Gasteiger partial charge in [0.2, 0.25) is 0 Å². The van der Waals surface area contributed by atoms with Crippen molar-refractivity contribution < 1.29 is 14.5 Å². The SMILES string of the molecule is Nc1cc(C(=O)NCCOC2CCCC2)c([N+](=O)[O-])cn1. The van der Waals surface area contributed by atoms with Gasteiger partial charge >= 0.3 is 0 Å². The Morgan fingerprint density at radius 2 is 2.24 bits per heavy atom. The molecule has 0 bridgehead atoms. The predicted octanol–water partition coefficient (Wildman–Crippen LogP) is 1.26. The maximum Gasteiger partial charge on any atom is 0.300 e. The van der Waals surface area contributed by atoms with Crippen molar-refractivity contribution in [2.75, 3.05) is 18.9 Å². The van der Waals surface area contributed by atoms with E-state index in [0.29, 0.717) is 13.2 Å². The molecule has 8 nitrogen and oxygen atoms in total. The van der Waals surface area contributed by atoms with Gasteiger partial charge in [-0.05, 0) is 18.9 Å². The number of nitrogen functional groups attached to an aromatic ring is 1. The summed E-state index contributed by atoms with van der Waals surface area (Å²) in [5.74, 6) is -0.487. The fourth-order valence-electron chi connectivity index (χ4n) is 2.33. The molecular weight excluding hydrogens is 276 g/mol. The second kappa shape index (κ2) is 6.98. The fraction of sp³-hybridized carbons (Fsp3) is 0.538. The number of ether oxygens (including phenoxy) is 1. The van der Waals surface area contributed by atoms with Crippen LogP contribution in [0.2, 0.25) is 0 Å². The van der Waals surface area contributed by atoms with Gasteiger partial charge in [0, 0.05) is 6.54 Å². The maximum absolute atomic E-state index is 12.0. The number of nitro groups is 1. The van der Waals surface area contributed by atoms with Crippen LogP contribution in [0.15, 0.2) is 12.3 Å². The summed E-state index contributed by atoms with van der Waals surface area (Å²) in [6, 6.07) is 1.20. The highest BCUT2D eigenvalue weighted by Gasteiger charge is 2.21. The first-order valence-corrected chi connectivity index (χ1v) is 6.87. The number of nitrogens with one attached hydrogen (secondary N) is 1. The standard InChI is InChI=1S/C13H18N4O4/c14-12-7-10(11(8-16-12)17(19)20)13(18)15-5-6-21-9-3-1-2-4-9/h7-9H,1-6H2,(H2,14,16)(H,15,18). The number of hydrogen-bond donors (Lipinski definition) is 2. The molecule has 0 saturated heterocycles. The van der Waals surface area contributed by atoms with E-state index in [2.05, 4.69) is 10.3 Å². The molecule has 1 fully saturated rings. The molecule has 1 amide bonds. The van der Waals surface area contributed by atoms with Gasteiger partial charge in [-0.15, -0.1) is 0 Å². The van der Waals surface area contributed by atoms with E-state index in [1.165, 1.54) is 18.9 Å². The molecule has 1 heterocycles. The quantitative estimate of drug-likeness (QED) is 0.463. The molecule has 0 spiro atoms. The third kappa shape index (κ3) is 4.12. The van der Waals surface area contributed by atoms with Crippen LogP contribution in [-0.4, -0.2) is 35.1 Å².